The molecule has 0 saturated heterocycles. The maximum atomic E-state index is 11.7. The molecule has 0 aliphatic heterocycles. The zero-order valence-electron chi connectivity index (χ0n) is 13.1. The number of amides is 2. The van der Waals surface area contributed by atoms with Crippen LogP contribution in [0.3, 0.4) is 0 Å². The molecule has 2 unspecified atom stereocenters. The van der Waals surface area contributed by atoms with E-state index in [0.29, 0.717) is 19.4 Å². The Hall–Kier alpha value is -1.26. The summed E-state index contributed by atoms with van der Waals surface area (Å²) in [5.74, 6) is -1.13. The first-order valence-electron chi connectivity index (χ1n) is 7.78. The van der Waals surface area contributed by atoms with Gasteiger partial charge in [-0.2, -0.15) is 0 Å². The van der Waals surface area contributed by atoms with E-state index in [-0.39, 0.29) is 18.0 Å². The van der Waals surface area contributed by atoms with E-state index in [9.17, 15) is 9.59 Å². The summed E-state index contributed by atoms with van der Waals surface area (Å²) in [4.78, 5) is 22.4. The zero-order valence-corrected chi connectivity index (χ0v) is 13.1. The van der Waals surface area contributed by atoms with Crippen molar-refractivity contribution >= 4 is 12.0 Å². The van der Waals surface area contributed by atoms with Crippen LogP contribution in [0.25, 0.3) is 0 Å². The summed E-state index contributed by atoms with van der Waals surface area (Å²) in [5, 5.41) is 14.5. The molecule has 0 aromatic rings. The third-order valence-corrected chi connectivity index (χ3v) is 3.40. The Labute approximate surface area is 122 Å². The number of carboxylic acids is 1. The summed E-state index contributed by atoms with van der Waals surface area (Å²) < 4.78 is 0. The third-order valence-electron chi connectivity index (χ3n) is 3.40. The van der Waals surface area contributed by atoms with Gasteiger partial charge >= 0.3 is 12.0 Å². The molecule has 0 aromatic heterocycles. The average molecular weight is 286 g/mol. The molecule has 5 heteroatoms. The fourth-order valence-corrected chi connectivity index (χ4v) is 2.06. The van der Waals surface area contributed by atoms with Gasteiger partial charge in [-0.3, -0.25) is 4.79 Å². The van der Waals surface area contributed by atoms with Gasteiger partial charge in [0.05, 0.1) is 5.92 Å². The highest BCUT2D eigenvalue weighted by molar-refractivity contribution is 5.74. The number of nitrogens with one attached hydrogen (secondary N) is 2. The second-order valence-electron chi connectivity index (χ2n) is 5.41. The van der Waals surface area contributed by atoms with Crippen LogP contribution in [0.15, 0.2) is 0 Å². The molecule has 20 heavy (non-hydrogen) atoms. The predicted octanol–water partition coefficient (Wildman–Crippen LogP) is 3.15. The number of unbranched alkanes of at least 4 members (excludes halogenated alkanes) is 1. The number of rotatable bonds is 11. The average Bonchev–Trinajstić information content (AvgIpc) is 2.40. The van der Waals surface area contributed by atoms with E-state index in [1.165, 1.54) is 0 Å². The van der Waals surface area contributed by atoms with Gasteiger partial charge in [0.2, 0.25) is 0 Å². The predicted molar refractivity (Wildman–Crippen MR) is 80.8 cm³/mol. The molecular weight excluding hydrogens is 256 g/mol. The minimum atomic E-state index is -0.781. The van der Waals surface area contributed by atoms with E-state index in [4.69, 9.17) is 5.11 Å². The van der Waals surface area contributed by atoms with Crippen molar-refractivity contribution in [1.82, 2.24) is 10.6 Å². The van der Waals surface area contributed by atoms with Crippen LogP contribution in [0.4, 0.5) is 4.79 Å². The van der Waals surface area contributed by atoms with Gasteiger partial charge in [0.25, 0.3) is 0 Å². The van der Waals surface area contributed by atoms with Crippen LogP contribution in [-0.4, -0.2) is 29.7 Å². The Morgan fingerprint density at radius 2 is 1.75 bits per heavy atom. The number of carbonyl (C=O) groups is 2. The van der Waals surface area contributed by atoms with Gasteiger partial charge in [0.15, 0.2) is 0 Å². The van der Waals surface area contributed by atoms with Crippen molar-refractivity contribution in [2.45, 2.75) is 71.8 Å². The van der Waals surface area contributed by atoms with E-state index < -0.39 is 5.97 Å². The van der Waals surface area contributed by atoms with Crippen LogP contribution in [0, 0.1) is 5.92 Å². The summed E-state index contributed by atoms with van der Waals surface area (Å²) in [6.45, 7) is 6.47. The highest BCUT2D eigenvalue weighted by Crippen LogP contribution is 2.07. The molecule has 5 nitrogen and oxygen atoms in total. The van der Waals surface area contributed by atoms with Gasteiger partial charge in [-0.05, 0) is 25.7 Å². The second-order valence-corrected chi connectivity index (χ2v) is 5.41. The number of hydrogen-bond acceptors (Lipinski definition) is 2. The fraction of sp³-hybridized carbons (Fsp3) is 0.867. The lowest BCUT2D eigenvalue weighted by Gasteiger charge is -2.18. The van der Waals surface area contributed by atoms with Gasteiger partial charge in [0, 0.05) is 12.6 Å². The van der Waals surface area contributed by atoms with Crippen molar-refractivity contribution in [2.24, 2.45) is 5.92 Å². The van der Waals surface area contributed by atoms with Crippen LogP contribution >= 0.6 is 0 Å². The van der Waals surface area contributed by atoms with Crippen LogP contribution in [0.1, 0.15) is 65.7 Å². The molecule has 0 aromatic carbocycles. The quantitative estimate of drug-likeness (QED) is 0.510. The Morgan fingerprint density at radius 3 is 2.30 bits per heavy atom. The summed E-state index contributed by atoms with van der Waals surface area (Å²) in [7, 11) is 0. The van der Waals surface area contributed by atoms with Gasteiger partial charge < -0.3 is 15.7 Å². The van der Waals surface area contributed by atoms with Crippen LogP contribution in [0.5, 0.6) is 0 Å². The van der Waals surface area contributed by atoms with Gasteiger partial charge in [-0.25, -0.2) is 4.79 Å². The molecule has 0 aliphatic rings. The van der Waals surface area contributed by atoms with Crippen molar-refractivity contribution in [3.05, 3.63) is 0 Å². The minimum absolute atomic E-state index is 0.137. The lowest BCUT2D eigenvalue weighted by atomic mass is 10.1. The Bertz CT molecular complexity index is 282. The summed E-state index contributed by atoms with van der Waals surface area (Å²) in [6.07, 6.45) is 6.62. The monoisotopic (exact) mass is 286 g/mol. The topological polar surface area (TPSA) is 78.4 Å². The number of urea groups is 1. The van der Waals surface area contributed by atoms with E-state index in [1.54, 1.807) is 6.92 Å². The summed E-state index contributed by atoms with van der Waals surface area (Å²) in [6, 6.07) is 0.112. The summed E-state index contributed by atoms with van der Waals surface area (Å²) in [5.41, 5.74) is 0. The van der Waals surface area contributed by atoms with Crippen molar-refractivity contribution in [3.63, 3.8) is 0 Å². The van der Waals surface area contributed by atoms with Crippen LogP contribution < -0.4 is 10.6 Å². The standard InChI is InChI=1S/C15H30N2O3/c1-4-6-10-13(8-5-2)17-15(20)16-11-7-9-12(3)14(18)19/h12-13H,4-11H2,1-3H3,(H,18,19)(H2,16,17,20). The Kier molecular flexibility index (Phi) is 10.8. The maximum absolute atomic E-state index is 11.7. The normalized spacial score (nSPS) is 13.6. The van der Waals surface area contributed by atoms with E-state index in [2.05, 4.69) is 24.5 Å². The van der Waals surface area contributed by atoms with Gasteiger partial charge in [-0.1, -0.05) is 40.0 Å². The fourth-order valence-electron chi connectivity index (χ4n) is 2.06. The van der Waals surface area contributed by atoms with E-state index in [0.717, 1.165) is 32.1 Å². The molecule has 0 fully saturated rings. The molecule has 2 amide bonds. The molecule has 2 atom stereocenters. The minimum Gasteiger partial charge on any atom is -0.481 e. The number of carbonyl (C=O) groups excluding carboxylic acids is 1. The largest absolute Gasteiger partial charge is 0.481 e. The second kappa shape index (κ2) is 11.6. The highest BCUT2D eigenvalue weighted by atomic mass is 16.4. The van der Waals surface area contributed by atoms with Crippen molar-refractivity contribution < 1.29 is 14.7 Å². The number of aliphatic carboxylic acids is 1. The zero-order chi connectivity index (χ0) is 15.4. The Morgan fingerprint density at radius 1 is 1.05 bits per heavy atom. The van der Waals surface area contributed by atoms with Gasteiger partial charge in [0.1, 0.15) is 0 Å². The molecule has 3 N–H and O–H groups in total. The van der Waals surface area contributed by atoms with Crippen LogP contribution in [0.2, 0.25) is 0 Å². The molecule has 0 saturated carbocycles. The maximum Gasteiger partial charge on any atom is 0.315 e. The molecule has 0 bridgehead atoms. The molecule has 0 radical (unpaired) electrons. The molecule has 0 spiro atoms. The van der Waals surface area contributed by atoms with Gasteiger partial charge in [-0.15, -0.1) is 0 Å². The lowest BCUT2D eigenvalue weighted by molar-refractivity contribution is -0.141. The van der Waals surface area contributed by atoms with Crippen LogP contribution in [-0.2, 0) is 4.79 Å². The Balaban J connectivity index is 3.81. The number of carboxylic acid groups (broad SMARTS) is 1. The molecule has 118 valence electrons. The van der Waals surface area contributed by atoms with E-state index >= 15 is 0 Å². The van der Waals surface area contributed by atoms with E-state index in [1.807, 2.05) is 0 Å². The first-order chi connectivity index (χ1) is 9.51. The molecule has 0 rings (SSSR count). The van der Waals surface area contributed by atoms with Crippen molar-refractivity contribution in [1.29, 1.82) is 0 Å². The highest BCUT2D eigenvalue weighted by Gasteiger charge is 2.12. The molecular formula is C15H30N2O3. The SMILES string of the molecule is CCCCC(CCC)NC(=O)NCCCC(C)C(=O)O. The smallest absolute Gasteiger partial charge is 0.315 e. The van der Waals surface area contributed by atoms with Crippen molar-refractivity contribution in [2.75, 3.05) is 6.54 Å². The third kappa shape index (κ3) is 9.64. The summed E-state index contributed by atoms with van der Waals surface area (Å²) >= 11 is 0. The first kappa shape index (κ1) is 18.7. The molecule has 0 aliphatic carbocycles. The lowest BCUT2D eigenvalue weighted by Crippen LogP contribution is -2.42. The number of hydrogen-bond donors (Lipinski definition) is 3. The molecule has 0 heterocycles. The van der Waals surface area contributed by atoms with Crippen molar-refractivity contribution in [3.8, 4) is 0 Å². The first-order valence-corrected chi connectivity index (χ1v) is 7.78.